The van der Waals surface area contributed by atoms with E-state index in [0.717, 1.165) is 42.3 Å². The van der Waals surface area contributed by atoms with Crippen molar-refractivity contribution in [2.45, 2.75) is 51.3 Å². The predicted octanol–water partition coefficient (Wildman–Crippen LogP) is 3.33. The van der Waals surface area contributed by atoms with Crippen LogP contribution in [0.5, 0.6) is 0 Å². The number of likely N-dealkylation sites (tertiary alicyclic amines) is 1. The van der Waals surface area contributed by atoms with Gasteiger partial charge in [-0.3, -0.25) is 9.88 Å². The van der Waals surface area contributed by atoms with Crippen molar-refractivity contribution in [2.24, 2.45) is 0 Å². The summed E-state index contributed by atoms with van der Waals surface area (Å²) in [6.45, 7) is 3.93. The van der Waals surface area contributed by atoms with Crippen molar-refractivity contribution >= 4 is 11.3 Å². The zero-order valence-corrected chi connectivity index (χ0v) is 13.8. The standard InChI is InChI=1S/C17H23N3OS/c1-2-16(21)15-8-4-6-10-20(15)11-13-12-22-17(19-13)14-7-3-5-9-18-14/h3,5,7,9,12,15-16,21H,2,4,6,8,10-11H2,1H3. The molecule has 118 valence electrons. The summed E-state index contributed by atoms with van der Waals surface area (Å²) in [5, 5.41) is 13.3. The number of thiazole rings is 1. The lowest BCUT2D eigenvalue weighted by Gasteiger charge is -2.37. The Bertz CT molecular complexity index is 587. The van der Waals surface area contributed by atoms with E-state index in [0.29, 0.717) is 0 Å². The normalized spacial score (nSPS) is 20.9. The molecule has 2 aromatic rings. The van der Waals surface area contributed by atoms with Crippen LogP contribution in [0.1, 0.15) is 38.3 Å². The maximum Gasteiger partial charge on any atom is 0.142 e. The molecule has 0 bridgehead atoms. The summed E-state index contributed by atoms with van der Waals surface area (Å²) in [6.07, 6.45) is 5.91. The summed E-state index contributed by atoms with van der Waals surface area (Å²) in [4.78, 5) is 11.5. The van der Waals surface area contributed by atoms with Gasteiger partial charge in [-0.05, 0) is 37.9 Å². The number of hydrogen-bond acceptors (Lipinski definition) is 5. The van der Waals surface area contributed by atoms with Crippen molar-refractivity contribution in [3.05, 3.63) is 35.5 Å². The minimum atomic E-state index is -0.228. The Balaban J connectivity index is 1.71. The molecule has 3 rings (SSSR count). The van der Waals surface area contributed by atoms with Gasteiger partial charge in [-0.15, -0.1) is 11.3 Å². The molecule has 0 radical (unpaired) electrons. The fraction of sp³-hybridized carbons (Fsp3) is 0.529. The minimum absolute atomic E-state index is 0.228. The highest BCUT2D eigenvalue weighted by molar-refractivity contribution is 7.13. The average Bonchev–Trinajstić information content (AvgIpc) is 3.04. The lowest BCUT2D eigenvalue weighted by molar-refractivity contribution is 0.0190. The van der Waals surface area contributed by atoms with Crippen molar-refractivity contribution in [3.8, 4) is 10.7 Å². The molecule has 0 aromatic carbocycles. The van der Waals surface area contributed by atoms with E-state index in [1.165, 1.54) is 12.8 Å². The molecule has 0 spiro atoms. The van der Waals surface area contributed by atoms with Crippen molar-refractivity contribution < 1.29 is 5.11 Å². The summed E-state index contributed by atoms with van der Waals surface area (Å²) in [7, 11) is 0. The Morgan fingerprint density at radius 2 is 2.32 bits per heavy atom. The first-order valence-electron chi connectivity index (χ1n) is 8.06. The number of pyridine rings is 1. The molecular formula is C17H23N3OS. The maximum atomic E-state index is 10.2. The molecule has 0 saturated carbocycles. The second-order valence-electron chi connectivity index (χ2n) is 5.87. The number of nitrogens with zero attached hydrogens (tertiary/aromatic N) is 3. The van der Waals surface area contributed by atoms with Crippen LogP contribution < -0.4 is 0 Å². The number of aliphatic hydroxyl groups excluding tert-OH is 1. The third kappa shape index (κ3) is 3.54. The number of aliphatic hydroxyl groups is 1. The predicted molar refractivity (Wildman–Crippen MR) is 89.7 cm³/mol. The van der Waals surface area contributed by atoms with Crippen LogP contribution in [0.4, 0.5) is 0 Å². The lowest BCUT2D eigenvalue weighted by Crippen LogP contribution is -2.46. The molecule has 3 heterocycles. The summed E-state index contributed by atoms with van der Waals surface area (Å²) in [5.74, 6) is 0. The largest absolute Gasteiger partial charge is 0.392 e. The Hall–Kier alpha value is -1.30. The first kappa shape index (κ1) is 15.6. The number of rotatable bonds is 5. The lowest BCUT2D eigenvalue weighted by atomic mass is 9.96. The van der Waals surface area contributed by atoms with Gasteiger partial charge in [-0.1, -0.05) is 19.4 Å². The van der Waals surface area contributed by atoms with Gasteiger partial charge in [0, 0.05) is 24.2 Å². The van der Waals surface area contributed by atoms with Crippen LogP contribution in [-0.4, -0.2) is 38.7 Å². The summed E-state index contributed by atoms with van der Waals surface area (Å²) in [5.41, 5.74) is 2.02. The van der Waals surface area contributed by atoms with Crippen LogP contribution in [0.15, 0.2) is 29.8 Å². The van der Waals surface area contributed by atoms with Crippen molar-refractivity contribution in [1.29, 1.82) is 0 Å². The maximum absolute atomic E-state index is 10.2. The molecule has 4 nitrogen and oxygen atoms in total. The van der Waals surface area contributed by atoms with E-state index < -0.39 is 0 Å². The molecule has 1 aliphatic heterocycles. The number of hydrogen-bond donors (Lipinski definition) is 1. The first-order valence-corrected chi connectivity index (χ1v) is 8.94. The molecule has 1 saturated heterocycles. The van der Waals surface area contributed by atoms with E-state index in [4.69, 9.17) is 4.98 Å². The van der Waals surface area contributed by atoms with Crippen LogP contribution in [0.3, 0.4) is 0 Å². The van der Waals surface area contributed by atoms with Gasteiger partial charge in [0.05, 0.1) is 17.5 Å². The Morgan fingerprint density at radius 1 is 1.41 bits per heavy atom. The van der Waals surface area contributed by atoms with E-state index in [-0.39, 0.29) is 12.1 Å². The van der Waals surface area contributed by atoms with Crippen LogP contribution >= 0.6 is 11.3 Å². The minimum Gasteiger partial charge on any atom is -0.392 e. The summed E-state index contributed by atoms with van der Waals surface area (Å²) in [6, 6.07) is 6.18. The summed E-state index contributed by atoms with van der Waals surface area (Å²) >= 11 is 1.64. The quantitative estimate of drug-likeness (QED) is 0.919. The third-order valence-corrected chi connectivity index (χ3v) is 5.24. The Morgan fingerprint density at radius 3 is 3.09 bits per heavy atom. The van der Waals surface area contributed by atoms with Crippen molar-refractivity contribution in [2.75, 3.05) is 6.54 Å². The molecule has 5 heteroatoms. The smallest absolute Gasteiger partial charge is 0.142 e. The van der Waals surface area contributed by atoms with E-state index in [1.807, 2.05) is 18.2 Å². The molecule has 1 aliphatic rings. The second kappa shape index (κ2) is 7.31. The van der Waals surface area contributed by atoms with Gasteiger partial charge in [0.1, 0.15) is 5.01 Å². The molecule has 22 heavy (non-hydrogen) atoms. The van der Waals surface area contributed by atoms with E-state index >= 15 is 0 Å². The molecule has 2 aromatic heterocycles. The van der Waals surface area contributed by atoms with Crippen molar-refractivity contribution in [3.63, 3.8) is 0 Å². The first-order chi connectivity index (χ1) is 10.8. The topological polar surface area (TPSA) is 49.2 Å². The van der Waals surface area contributed by atoms with Crippen LogP contribution in [0, 0.1) is 0 Å². The summed E-state index contributed by atoms with van der Waals surface area (Å²) < 4.78 is 0. The van der Waals surface area contributed by atoms with Crippen LogP contribution in [-0.2, 0) is 6.54 Å². The zero-order valence-electron chi connectivity index (χ0n) is 13.0. The van der Waals surface area contributed by atoms with Gasteiger partial charge in [0.15, 0.2) is 0 Å². The average molecular weight is 317 g/mol. The highest BCUT2D eigenvalue weighted by Gasteiger charge is 2.28. The molecule has 2 atom stereocenters. The molecule has 0 aliphatic carbocycles. The second-order valence-corrected chi connectivity index (χ2v) is 6.73. The van der Waals surface area contributed by atoms with E-state index in [9.17, 15) is 5.11 Å². The highest BCUT2D eigenvalue weighted by atomic mass is 32.1. The van der Waals surface area contributed by atoms with Gasteiger partial charge in [-0.2, -0.15) is 0 Å². The van der Waals surface area contributed by atoms with Gasteiger partial charge in [0.2, 0.25) is 0 Å². The van der Waals surface area contributed by atoms with Crippen LogP contribution in [0.2, 0.25) is 0 Å². The Kier molecular flexibility index (Phi) is 5.18. The fourth-order valence-corrected chi connectivity index (χ4v) is 3.90. The molecule has 0 amide bonds. The molecular weight excluding hydrogens is 294 g/mol. The number of aromatic nitrogens is 2. The number of piperidine rings is 1. The molecule has 1 N–H and O–H groups in total. The van der Waals surface area contributed by atoms with E-state index in [1.54, 1.807) is 17.5 Å². The van der Waals surface area contributed by atoms with Gasteiger partial charge in [0.25, 0.3) is 0 Å². The van der Waals surface area contributed by atoms with Crippen molar-refractivity contribution in [1.82, 2.24) is 14.9 Å². The van der Waals surface area contributed by atoms with Gasteiger partial charge in [-0.25, -0.2) is 4.98 Å². The highest BCUT2D eigenvalue weighted by Crippen LogP contribution is 2.26. The Labute approximate surface area is 135 Å². The van der Waals surface area contributed by atoms with Gasteiger partial charge >= 0.3 is 0 Å². The zero-order chi connectivity index (χ0) is 15.4. The molecule has 1 fully saturated rings. The SMILES string of the molecule is CCC(O)C1CCCCN1Cc1csc(-c2ccccn2)n1. The van der Waals surface area contributed by atoms with Crippen LogP contribution in [0.25, 0.3) is 10.7 Å². The fourth-order valence-electron chi connectivity index (χ4n) is 3.12. The van der Waals surface area contributed by atoms with Gasteiger partial charge < -0.3 is 5.11 Å². The van der Waals surface area contributed by atoms with E-state index in [2.05, 4.69) is 22.2 Å². The molecule has 2 unspecified atom stereocenters. The third-order valence-electron chi connectivity index (χ3n) is 4.33. The monoisotopic (exact) mass is 317 g/mol.